The molecule has 0 aromatic heterocycles. The van der Waals surface area contributed by atoms with Crippen LogP contribution in [0.1, 0.15) is 15.0 Å². The Labute approximate surface area is 95.7 Å². The van der Waals surface area contributed by atoms with Crippen LogP contribution < -0.4 is 0 Å². The topological polar surface area (TPSA) is 51.2 Å². The monoisotopic (exact) mass is 340 g/mol. The molecule has 0 spiro atoms. The third kappa shape index (κ3) is 35.2. The van der Waals surface area contributed by atoms with Crippen molar-refractivity contribution in [1.82, 2.24) is 0 Å². The summed E-state index contributed by atoms with van der Waals surface area (Å²) in [6.07, 6.45) is 9.50. The molecule has 4 heteroatoms. The van der Waals surface area contributed by atoms with Crippen molar-refractivity contribution in [3.8, 4) is 0 Å². The van der Waals surface area contributed by atoms with E-state index in [4.69, 9.17) is 14.4 Å². The Morgan fingerprint density at radius 1 is 0.833 bits per heavy atom. The van der Waals surface area contributed by atoms with Crippen LogP contribution in [-0.2, 0) is 35.4 Å². The maximum absolute atomic E-state index is 7.50. The molecule has 1 aliphatic rings. The molecule has 1 rings (SSSR count). The standard InChI is InChI=1S/C5H6.3CO.W.6H/c1-2-4-5-3-1;3*1-2;;;;;;;/h1-4H,5H2;;;;;;;;;;/q;;;;+6;6*-1. The summed E-state index contributed by atoms with van der Waals surface area (Å²) in [4.78, 5) is 22.5. The first-order chi connectivity index (χ1) is 5.50. The molecule has 12 heavy (non-hydrogen) atoms. The Morgan fingerprint density at radius 3 is 1.17 bits per heavy atom. The quantitative estimate of drug-likeness (QED) is 0.661. The van der Waals surface area contributed by atoms with E-state index in [0.29, 0.717) is 0 Å². The van der Waals surface area contributed by atoms with Gasteiger partial charge in [0.2, 0.25) is 0 Å². The van der Waals surface area contributed by atoms with E-state index in [2.05, 4.69) is 44.7 Å². The molecule has 0 saturated heterocycles. The number of carbonyl (C=O) groups excluding carboxylic acids is 3. The van der Waals surface area contributed by atoms with E-state index in [1.165, 1.54) is 0 Å². The molecule has 68 valence electrons. The van der Waals surface area contributed by atoms with Crippen LogP contribution in [0.25, 0.3) is 0 Å². The maximum atomic E-state index is 7.50. The molecular weight excluding hydrogens is 328 g/mol. The average molecular weight is 340 g/mol. The molecule has 0 N–H and O–H groups in total. The summed E-state index contributed by atoms with van der Waals surface area (Å²) in [6.45, 7) is 13.5. The first kappa shape index (κ1) is 22.5. The molecule has 0 amide bonds. The molecule has 0 aromatic rings. The van der Waals surface area contributed by atoms with Gasteiger partial charge in [-0.25, -0.2) is 0 Å². The largest absolute Gasteiger partial charge is 6.00 e. The van der Waals surface area contributed by atoms with Crippen molar-refractivity contribution in [2.45, 2.75) is 6.42 Å². The van der Waals surface area contributed by atoms with Crippen LogP contribution in [0.2, 0.25) is 0 Å². The van der Waals surface area contributed by atoms with Crippen molar-refractivity contribution >= 4 is 20.4 Å². The minimum Gasteiger partial charge on any atom is -1.00 e. The Kier molecular flexibility index (Phi) is 92.0. The molecule has 0 aromatic carbocycles. The van der Waals surface area contributed by atoms with Crippen molar-refractivity contribution in [3.63, 3.8) is 0 Å². The molecule has 0 fully saturated rings. The minimum atomic E-state index is 0. The van der Waals surface area contributed by atoms with Crippen molar-refractivity contribution in [1.29, 1.82) is 0 Å². The van der Waals surface area contributed by atoms with Crippen molar-refractivity contribution in [2.24, 2.45) is 0 Å². The van der Waals surface area contributed by atoms with E-state index < -0.39 is 0 Å². The zero-order valence-electron chi connectivity index (χ0n) is 12.1. The van der Waals surface area contributed by atoms with Crippen molar-refractivity contribution in [3.05, 3.63) is 24.3 Å². The number of allylic oxidation sites excluding steroid dienone is 4. The molecule has 0 saturated carbocycles. The Bertz CT molecular complexity index is 115. The van der Waals surface area contributed by atoms with Crippen LogP contribution in [0.4, 0.5) is 0 Å². The third-order valence-corrected chi connectivity index (χ3v) is 0.655. The fourth-order valence-electron chi connectivity index (χ4n) is 0.393. The summed E-state index contributed by atoms with van der Waals surface area (Å²) < 4.78 is 0. The average Bonchev–Trinajstić information content (AvgIpc) is 2.71. The van der Waals surface area contributed by atoms with Gasteiger partial charge in [0.25, 0.3) is 20.4 Å². The summed E-state index contributed by atoms with van der Waals surface area (Å²) in [7, 11) is 0. The van der Waals surface area contributed by atoms with E-state index in [0.717, 1.165) is 6.42 Å². The molecule has 1 aliphatic carbocycles. The second-order valence-electron chi connectivity index (χ2n) is 1.09. The van der Waals surface area contributed by atoms with Crippen LogP contribution in [0.5, 0.6) is 0 Å². The Balaban J connectivity index is -0.00000000572. The van der Waals surface area contributed by atoms with Crippen molar-refractivity contribution < 1.29 is 44.0 Å². The molecule has 6 radical (unpaired) electrons. The molecular formula is C8H12O3W. The number of rotatable bonds is 0. The fourth-order valence-corrected chi connectivity index (χ4v) is 0.393. The van der Waals surface area contributed by atoms with Gasteiger partial charge in [-0.1, -0.05) is 24.3 Å². The number of hydrogen-bond acceptors (Lipinski definition) is 3. The van der Waals surface area contributed by atoms with Crippen molar-refractivity contribution in [2.75, 3.05) is 0 Å². The van der Waals surface area contributed by atoms with E-state index >= 15 is 0 Å². The van der Waals surface area contributed by atoms with Gasteiger partial charge in [-0.15, -0.1) is 0 Å². The van der Waals surface area contributed by atoms with Gasteiger partial charge in [-0.05, 0) is 6.42 Å². The molecule has 0 unspecified atom stereocenters. The molecule has 0 atom stereocenters. The van der Waals surface area contributed by atoms with Gasteiger partial charge in [0.15, 0.2) is 0 Å². The summed E-state index contributed by atoms with van der Waals surface area (Å²) in [5, 5.41) is 0. The summed E-state index contributed by atoms with van der Waals surface area (Å²) in [6, 6.07) is 0. The van der Waals surface area contributed by atoms with Crippen LogP contribution >= 0.6 is 0 Å². The molecule has 0 aliphatic heterocycles. The molecule has 0 bridgehead atoms. The van der Waals surface area contributed by atoms with Crippen LogP contribution in [0, 0.1) is 0 Å². The minimum absolute atomic E-state index is 0. The number of hydrogen-bond donors (Lipinski definition) is 0. The second kappa shape index (κ2) is 49.1. The van der Waals surface area contributed by atoms with Crippen LogP contribution in [0.15, 0.2) is 24.3 Å². The van der Waals surface area contributed by atoms with E-state index in [9.17, 15) is 0 Å². The van der Waals surface area contributed by atoms with E-state index in [-0.39, 0.29) is 29.6 Å². The predicted octanol–water partition coefficient (Wildman–Crippen LogP) is 0.984. The summed E-state index contributed by atoms with van der Waals surface area (Å²) in [5.74, 6) is 0. The molecule has 0 heterocycles. The molecule has 3 nitrogen and oxygen atoms in total. The van der Waals surface area contributed by atoms with Gasteiger partial charge in [0.1, 0.15) is 0 Å². The zero-order chi connectivity index (χ0) is 9.54. The normalized spacial score (nSPS) is 8.33. The van der Waals surface area contributed by atoms with Gasteiger partial charge in [0.05, 0.1) is 0 Å². The van der Waals surface area contributed by atoms with Crippen LogP contribution in [0.3, 0.4) is 0 Å². The SMILES string of the molecule is C1=CCC=C1.[C]=O.[C]=O.[C]=O.[H-].[H-].[H-].[H-].[H-].[H-].[W+6]. The third-order valence-electron chi connectivity index (χ3n) is 0.655. The predicted molar refractivity (Wildman–Crippen MR) is 46.6 cm³/mol. The zero-order valence-corrected chi connectivity index (χ0v) is 9.08. The van der Waals surface area contributed by atoms with Gasteiger partial charge in [-0.2, -0.15) is 0 Å². The van der Waals surface area contributed by atoms with Gasteiger partial charge >= 0.3 is 21.1 Å². The maximum Gasteiger partial charge on any atom is 6.00 e. The smallest absolute Gasteiger partial charge is 1.00 e. The van der Waals surface area contributed by atoms with Gasteiger partial charge in [-0.3, -0.25) is 14.4 Å². The summed E-state index contributed by atoms with van der Waals surface area (Å²) in [5.41, 5.74) is 0. The Morgan fingerprint density at radius 2 is 1.08 bits per heavy atom. The van der Waals surface area contributed by atoms with E-state index in [1.54, 1.807) is 0 Å². The second-order valence-corrected chi connectivity index (χ2v) is 1.09. The van der Waals surface area contributed by atoms with Gasteiger partial charge in [0, 0.05) is 0 Å². The van der Waals surface area contributed by atoms with E-state index in [1.807, 2.05) is 0 Å². The van der Waals surface area contributed by atoms with Gasteiger partial charge < -0.3 is 8.56 Å². The fraction of sp³-hybridized carbons (Fsp3) is 0.125. The van der Waals surface area contributed by atoms with Crippen LogP contribution in [-0.4, -0.2) is 20.4 Å². The first-order valence-corrected chi connectivity index (χ1v) is 2.43. The Hall–Kier alpha value is -0.822. The summed E-state index contributed by atoms with van der Waals surface area (Å²) >= 11 is 0. The first-order valence-electron chi connectivity index (χ1n) is 2.43.